The summed E-state index contributed by atoms with van der Waals surface area (Å²) in [4.78, 5) is 14.8. The van der Waals surface area contributed by atoms with Gasteiger partial charge in [-0.3, -0.25) is 4.98 Å². The molecule has 1 heterocycles. The maximum Gasteiger partial charge on any atom is 0.319 e. The van der Waals surface area contributed by atoms with Gasteiger partial charge in [0.25, 0.3) is 0 Å². The number of nitrogens with zero attached hydrogens (tertiary/aromatic N) is 1. The smallest absolute Gasteiger partial charge is 0.319 e. The molecule has 0 atom stereocenters. The number of anilines is 1. The number of nitrogens with one attached hydrogen (secondary N) is 2. The Balaban J connectivity index is 2.89. The minimum absolute atomic E-state index is 0.332. The van der Waals surface area contributed by atoms with Crippen molar-refractivity contribution < 1.29 is 4.79 Å². The fourth-order valence-electron chi connectivity index (χ4n) is 0.691. The molecule has 0 spiro atoms. The third kappa shape index (κ3) is 2.57. The van der Waals surface area contributed by atoms with Crippen LogP contribution in [-0.4, -0.2) is 18.1 Å². The first kappa shape index (κ1) is 10.3. The van der Waals surface area contributed by atoms with E-state index in [2.05, 4.69) is 31.5 Å². The zero-order valence-electron chi connectivity index (χ0n) is 6.77. The highest BCUT2D eigenvalue weighted by atomic mass is 79.9. The molecule has 6 heteroatoms. The second-order valence-electron chi connectivity index (χ2n) is 2.19. The largest absolute Gasteiger partial charge is 0.341 e. The Labute approximate surface area is 88.8 Å². The summed E-state index contributed by atoms with van der Waals surface area (Å²) >= 11 is 9.06. The summed E-state index contributed by atoms with van der Waals surface area (Å²) in [7, 11) is 1.52. The van der Waals surface area contributed by atoms with Gasteiger partial charge in [0.05, 0.1) is 21.4 Å². The summed E-state index contributed by atoms with van der Waals surface area (Å²) in [5.74, 6) is 0. The number of urea groups is 1. The topological polar surface area (TPSA) is 54.0 Å². The predicted octanol–water partition coefficient (Wildman–Crippen LogP) is 2.25. The minimum Gasteiger partial charge on any atom is -0.341 e. The van der Waals surface area contributed by atoms with Crippen LogP contribution >= 0.6 is 27.5 Å². The Morgan fingerprint density at radius 2 is 2.31 bits per heavy atom. The molecule has 0 fully saturated rings. The molecule has 2 N–H and O–H groups in total. The van der Waals surface area contributed by atoms with E-state index < -0.39 is 0 Å². The molecule has 0 bridgehead atoms. The van der Waals surface area contributed by atoms with E-state index in [1.54, 1.807) is 6.20 Å². The number of rotatable bonds is 1. The van der Waals surface area contributed by atoms with Gasteiger partial charge < -0.3 is 10.6 Å². The SMILES string of the molecule is CNC(=O)Nc1cncc(Br)c1Cl. The number of pyridine rings is 1. The second kappa shape index (κ2) is 4.43. The van der Waals surface area contributed by atoms with Crippen LogP contribution in [0, 0.1) is 0 Å². The van der Waals surface area contributed by atoms with Crippen LogP contribution < -0.4 is 10.6 Å². The minimum atomic E-state index is -0.332. The average Bonchev–Trinajstić information content (AvgIpc) is 2.13. The van der Waals surface area contributed by atoms with E-state index in [0.717, 1.165) is 0 Å². The van der Waals surface area contributed by atoms with Crippen molar-refractivity contribution in [2.24, 2.45) is 0 Å². The van der Waals surface area contributed by atoms with Crippen LogP contribution in [-0.2, 0) is 0 Å². The lowest BCUT2D eigenvalue weighted by atomic mass is 10.4. The van der Waals surface area contributed by atoms with Crippen molar-refractivity contribution in [1.29, 1.82) is 0 Å². The summed E-state index contributed by atoms with van der Waals surface area (Å²) in [5, 5.41) is 5.36. The molecule has 0 unspecified atom stereocenters. The highest BCUT2D eigenvalue weighted by molar-refractivity contribution is 9.10. The molecule has 13 heavy (non-hydrogen) atoms. The van der Waals surface area contributed by atoms with Gasteiger partial charge in [0.2, 0.25) is 0 Å². The normalized spacial score (nSPS) is 9.46. The fraction of sp³-hybridized carbons (Fsp3) is 0.143. The second-order valence-corrected chi connectivity index (χ2v) is 3.42. The van der Waals surface area contributed by atoms with E-state index in [4.69, 9.17) is 11.6 Å². The summed E-state index contributed by atoms with van der Waals surface area (Å²) in [6.45, 7) is 0. The quantitative estimate of drug-likeness (QED) is 0.817. The summed E-state index contributed by atoms with van der Waals surface area (Å²) in [6, 6.07) is -0.332. The van der Waals surface area contributed by atoms with Crippen molar-refractivity contribution in [3.63, 3.8) is 0 Å². The van der Waals surface area contributed by atoms with Crippen molar-refractivity contribution >= 4 is 39.2 Å². The van der Waals surface area contributed by atoms with Crippen molar-refractivity contribution in [3.8, 4) is 0 Å². The monoisotopic (exact) mass is 263 g/mol. The third-order valence-electron chi connectivity index (χ3n) is 1.31. The van der Waals surface area contributed by atoms with Gasteiger partial charge in [-0.25, -0.2) is 4.79 Å². The molecule has 2 amide bonds. The molecule has 1 aromatic heterocycles. The van der Waals surface area contributed by atoms with Gasteiger partial charge in [-0.05, 0) is 15.9 Å². The number of amides is 2. The molecule has 0 aromatic carbocycles. The maximum absolute atomic E-state index is 10.9. The average molecular weight is 265 g/mol. The highest BCUT2D eigenvalue weighted by Crippen LogP contribution is 2.28. The zero-order chi connectivity index (χ0) is 9.84. The number of aromatic nitrogens is 1. The van der Waals surface area contributed by atoms with Gasteiger partial charge in [0.15, 0.2) is 0 Å². The number of hydrogen-bond acceptors (Lipinski definition) is 2. The van der Waals surface area contributed by atoms with Crippen LogP contribution in [0.1, 0.15) is 0 Å². The summed E-state index contributed by atoms with van der Waals surface area (Å²) in [5.41, 5.74) is 0.468. The molecule has 1 rings (SSSR count). The maximum atomic E-state index is 10.9. The van der Waals surface area contributed by atoms with E-state index in [9.17, 15) is 4.79 Å². The molecular formula is C7H7BrClN3O. The van der Waals surface area contributed by atoms with Crippen LogP contribution in [0.15, 0.2) is 16.9 Å². The first-order valence-electron chi connectivity index (χ1n) is 3.43. The standard InChI is InChI=1S/C7H7BrClN3O/c1-10-7(13)12-5-3-11-2-4(8)6(5)9/h2-3H,1H3,(H2,10,12,13). The van der Waals surface area contributed by atoms with Gasteiger partial charge >= 0.3 is 6.03 Å². The molecule has 0 saturated carbocycles. The first-order chi connectivity index (χ1) is 6.15. The fourth-order valence-corrected chi connectivity index (χ4v) is 1.17. The van der Waals surface area contributed by atoms with Crippen molar-refractivity contribution in [3.05, 3.63) is 21.9 Å². The van der Waals surface area contributed by atoms with Crippen molar-refractivity contribution in [2.75, 3.05) is 12.4 Å². The van der Waals surface area contributed by atoms with Crippen LogP contribution in [0.25, 0.3) is 0 Å². The summed E-state index contributed by atoms with van der Waals surface area (Å²) < 4.78 is 0.642. The van der Waals surface area contributed by atoms with Gasteiger partial charge in [-0.15, -0.1) is 0 Å². The Hall–Kier alpha value is -0.810. The molecule has 70 valence electrons. The van der Waals surface area contributed by atoms with Crippen molar-refractivity contribution in [2.45, 2.75) is 0 Å². The highest BCUT2D eigenvalue weighted by Gasteiger charge is 2.06. The van der Waals surface area contributed by atoms with Gasteiger partial charge in [0.1, 0.15) is 0 Å². The first-order valence-corrected chi connectivity index (χ1v) is 4.60. The van der Waals surface area contributed by atoms with Crippen LogP contribution in [0.4, 0.5) is 10.5 Å². The molecule has 1 aromatic rings. The lowest BCUT2D eigenvalue weighted by Gasteiger charge is -2.06. The lowest BCUT2D eigenvalue weighted by molar-refractivity contribution is 0.254. The van der Waals surface area contributed by atoms with Crippen LogP contribution in [0.3, 0.4) is 0 Å². The van der Waals surface area contributed by atoms with Crippen LogP contribution in [0.2, 0.25) is 5.02 Å². The molecule has 0 aliphatic carbocycles. The molecular weight excluding hydrogens is 257 g/mol. The Morgan fingerprint density at radius 1 is 1.62 bits per heavy atom. The third-order valence-corrected chi connectivity index (χ3v) is 2.55. The number of halogens is 2. The molecule has 0 saturated heterocycles. The van der Waals surface area contributed by atoms with E-state index in [-0.39, 0.29) is 6.03 Å². The molecule has 4 nitrogen and oxygen atoms in total. The van der Waals surface area contributed by atoms with Crippen molar-refractivity contribution in [1.82, 2.24) is 10.3 Å². The Kier molecular flexibility index (Phi) is 3.50. The van der Waals surface area contributed by atoms with E-state index in [1.807, 2.05) is 0 Å². The van der Waals surface area contributed by atoms with Gasteiger partial charge in [-0.2, -0.15) is 0 Å². The Morgan fingerprint density at radius 3 is 2.92 bits per heavy atom. The lowest BCUT2D eigenvalue weighted by Crippen LogP contribution is -2.24. The number of hydrogen-bond donors (Lipinski definition) is 2. The summed E-state index contributed by atoms with van der Waals surface area (Å²) in [6.07, 6.45) is 3.03. The van der Waals surface area contributed by atoms with E-state index in [1.165, 1.54) is 13.2 Å². The predicted molar refractivity (Wildman–Crippen MR) is 55.0 cm³/mol. The number of carbonyl (C=O) groups is 1. The molecule has 0 radical (unpaired) electrons. The molecule has 0 aliphatic heterocycles. The van der Waals surface area contributed by atoms with Gasteiger partial charge in [-0.1, -0.05) is 11.6 Å². The van der Waals surface area contributed by atoms with Crippen LogP contribution in [0.5, 0.6) is 0 Å². The van der Waals surface area contributed by atoms with Gasteiger partial charge in [0, 0.05) is 13.2 Å². The zero-order valence-corrected chi connectivity index (χ0v) is 9.11. The number of carbonyl (C=O) groups excluding carboxylic acids is 1. The van der Waals surface area contributed by atoms with E-state index >= 15 is 0 Å². The van der Waals surface area contributed by atoms with E-state index in [0.29, 0.717) is 15.2 Å². The Bertz CT molecular complexity index is 332. The molecule has 0 aliphatic rings.